The van der Waals surface area contributed by atoms with E-state index in [0.717, 1.165) is 0 Å². The third-order valence-electron chi connectivity index (χ3n) is 1.85. The molecule has 0 N–H and O–H groups in total. The van der Waals surface area contributed by atoms with Crippen LogP contribution in [0.3, 0.4) is 0 Å². The van der Waals surface area contributed by atoms with Crippen molar-refractivity contribution in [2.45, 2.75) is 6.92 Å². The summed E-state index contributed by atoms with van der Waals surface area (Å²) in [5.74, 6) is 0.0376. The van der Waals surface area contributed by atoms with Gasteiger partial charge in [0.15, 0.2) is 0 Å². The monoisotopic (exact) mass is 177 g/mol. The number of hydrogen-bond donors (Lipinski definition) is 0. The van der Waals surface area contributed by atoms with E-state index >= 15 is 0 Å². The second-order valence-electron chi connectivity index (χ2n) is 2.71. The van der Waals surface area contributed by atoms with Crippen LogP contribution >= 0.6 is 0 Å². The molecule has 5 heteroatoms. The Morgan fingerprint density at radius 1 is 1.54 bits per heavy atom. The van der Waals surface area contributed by atoms with Gasteiger partial charge in [-0.1, -0.05) is 6.07 Å². The van der Waals surface area contributed by atoms with Gasteiger partial charge in [0.05, 0.1) is 6.20 Å². The molecule has 0 aliphatic rings. The Morgan fingerprint density at radius 3 is 3.00 bits per heavy atom. The molecule has 0 unspecified atom stereocenters. The topological polar surface area (TPSA) is 60.4 Å². The second kappa shape index (κ2) is 2.55. The largest absolute Gasteiger partial charge is 0.358 e. The summed E-state index contributed by atoms with van der Waals surface area (Å²) in [6.45, 7) is 1.63. The molecule has 13 heavy (non-hydrogen) atoms. The van der Waals surface area contributed by atoms with Crippen LogP contribution in [0.25, 0.3) is 5.65 Å². The molecule has 0 aliphatic carbocycles. The fourth-order valence-corrected chi connectivity index (χ4v) is 1.32. The number of pyridine rings is 1. The number of aromatic nitrogens is 2. The molecule has 0 saturated heterocycles. The van der Waals surface area contributed by atoms with Crippen molar-refractivity contribution in [3.05, 3.63) is 40.2 Å². The first-order chi connectivity index (χ1) is 6.20. The fraction of sp³-hybridized carbons (Fsp3) is 0.125. The van der Waals surface area contributed by atoms with Gasteiger partial charge < -0.3 is 10.1 Å². The van der Waals surface area contributed by atoms with Crippen LogP contribution in [0.1, 0.15) is 5.69 Å². The highest BCUT2D eigenvalue weighted by Gasteiger charge is 2.17. The van der Waals surface area contributed by atoms with Crippen LogP contribution in [0.2, 0.25) is 0 Å². The van der Waals surface area contributed by atoms with Gasteiger partial charge in [0.2, 0.25) is 5.65 Å². The molecule has 2 rings (SSSR count). The quantitative estimate of drug-likeness (QED) is 0.490. The first-order valence-electron chi connectivity index (χ1n) is 3.78. The van der Waals surface area contributed by atoms with Crippen molar-refractivity contribution in [3.63, 3.8) is 0 Å². The van der Waals surface area contributed by atoms with Crippen LogP contribution in [-0.2, 0) is 0 Å². The predicted molar refractivity (Wildman–Crippen MR) is 46.6 cm³/mol. The van der Waals surface area contributed by atoms with Gasteiger partial charge in [-0.2, -0.15) is 4.40 Å². The second-order valence-corrected chi connectivity index (χ2v) is 2.71. The van der Waals surface area contributed by atoms with E-state index in [1.807, 2.05) is 0 Å². The van der Waals surface area contributed by atoms with Crippen molar-refractivity contribution in [3.8, 4) is 0 Å². The van der Waals surface area contributed by atoms with E-state index in [9.17, 15) is 10.1 Å². The average molecular weight is 177 g/mol. The molecule has 5 nitrogen and oxygen atoms in total. The van der Waals surface area contributed by atoms with Gasteiger partial charge in [-0.3, -0.25) is 0 Å². The summed E-state index contributed by atoms with van der Waals surface area (Å²) < 4.78 is 1.47. The third-order valence-corrected chi connectivity index (χ3v) is 1.85. The summed E-state index contributed by atoms with van der Waals surface area (Å²) in [6.07, 6.45) is 1.63. The minimum Gasteiger partial charge on any atom is -0.358 e. The molecule has 0 fully saturated rings. The summed E-state index contributed by atoms with van der Waals surface area (Å²) in [5, 5.41) is 10.6. The molecule has 66 valence electrons. The Labute approximate surface area is 73.8 Å². The van der Waals surface area contributed by atoms with Crippen LogP contribution < -0.4 is 0 Å². The fourth-order valence-electron chi connectivity index (χ4n) is 1.32. The molecule has 0 atom stereocenters. The highest BCUT2D eigenvalue weighted by Crippen LogP contribution is 2.18. The Bertz CT molecular complexity index is 475. The van der Waals surface area contributed by atoms with Gasteiger partial charge in [-0.15, -0.1) is 0 Å². The van der Waals surface area contributed by atoms with Crippen LogP contribution in [-0.4, -0.2) is 14.3 Å². The summed E-state index contributed by atoms with van der Waals surface area (Å²) in [5.41, 5.74) is 1.04. The number of rotatable bonds is 1. The van der Waals surface area contributed by atoms with Crippen LogP contribution in [0.5, 0.6) is 0 Å². The number of fused-ring (bicyclic) bond motifs is 1. The van der Waals surface area contributed by atoms with E-state index in [2.05, 4.69) is 4.98 Å². The van der Waals surface area contributed by atoms with E-state index in [4.69, 9.17) is 0 Å². The SMILES string of the molecule is Cc1nc2ccccn2c1[N+](=O)[O-]. The maximum Gasteiger partial charge on any atom is 0.350 e. The van der Waals surface area contributed by atoms with Gasteiger partial charge in [0.1, 0.15) is 5.69 Å². The lowest BCUT2D eigenvalue weighted by atomic mass is 10.5. The average Bonchev–Trinajstić information content (AvgIpc) is 2.39. The molecule has 2 aromatic rings. The van der Waals surface area contributed by atoms with Crippen molar-refractivity contribution in [1.29, 1.82) is 0 Å². The van der Waals surface area contributed by atoms with Crippen LogP contribution in [0.4, 0.5) is 5.82 Å². The lowest BCUT2D eigenvalue weighted by Gasteiger charge is -1.92. The highest BCUT2D eigenvalue weighted by molar-refractivity contribution is 5.48. The predicted octanol–water partition coefficient (Wildman–Crippen LogP) is 1.55. The Morgan fingerprint density at radius 2 is 2.31 bits per heavy atom. The normalized spacial score (nSPS) is 10.5. The molecule has 2 aromatic heterocycles. The number of aryl methyl sites for hydroxylation is 1. The standard InChI is InChI=1S/C8H7N3O2/c1-6-8(11(12)13)10-5-3-2-4-7(10)9-6/h2-5H,1H3. The van der Waals surface area contributed by atoms with E-state index in [-0.39, 0.29) is 5.82 Å². The summed E-state index contributed by atoms with van der Waals surface area (Å²) in [4.78, 5) is 14.3. The maximum absolute atomic E-state index is 10.6. The maximum atomic E-state index is 10.6. The molecule has 2 heterocycles. The van der Waals surface area contributed by atoms with E-state index in [0.29, 0.717) is 11.3 Å². The first-order valence-corrected chi connectivity index (χ1v) is 3.78. The first kappa shape index (κ1) is 7.72. The summed E-state index contributed by atoms with van der Waals surface area (Å²) in [7, 11) is 0. The number of nitrogens with zero attached hydrogens (tertiary/aromatic N) is 3. The van der Waals surface area contributed by atoms with Gasteiger partial charge >= 0.3 is 5.82 Å². The molecular weight excluding hydrogens is 170 g/mol. The number of imidazole rings is 1. The molecule has 0 bridgehead atoms. The molecule has 0 spiro atoms. The van der Waals surface area contributed by atoms with Crippen molar-refractivity contribution >= 4 is 11.5 Å². The van der Waals surface area contributed by atoms with Crippen molar-refractivity contribution in [1.82, 2.24) is 9.38 Å². The van der Waals surface area contributed by atoms with Gasteiger partial charge in [-0.25, -0.2) is 4.98 Å². The number of hydrogen-bond acceptors (Lipinski definition) is 3. The zero-order valence-corrected chi connectivity index (χ0v) is 6.97. The molecule has 0 aromatic carbocycles. The Kier molecular flexibility index (Phi) is 1.51. The summed E-state index contributed by atoms with van der Waals surface area (Å²) >= 11 is 0. The zero-order chi connectivity index (χ0) is 9.42. The van der Waals surface area contributed by atoms with Crippen LogP contribution in [0.15, 0.2) is 24.4 Å². The highest BCUT2D eigenvalue weighted by atomic mass is 16.6. The third kappa shape index (κ3) is 1.05. The van der Waals surface area contributed by atoms with Crippen LogP contribution in [0, 0.1) is 17.0 Å². The Balaban J connectivity index is 2.86. The van der Waals surface area contributed by atoms with E-state index < -0.39 is 4.92 Å². The smallest absolute Gasteiger partial charge is 0.350 e. The van der Waals surface area contributed by atoms with E-state index in [1.54, 1.807) is 31.3 Å². The minimum absolute atomic E-state index is 0.0376. The van der Waals surface area contributed by atoms with Gasteiger partial charge in [0.25, 0.3) is 0 Å². The lowest BCUT2D eigenvalue weighted by Crippen LogP contribution is -1.94. The van der Waals surface area contributed by atoms with Crippen molar-refractivity contribution in [2.24, 2.45) is 0 Å². The van der Waals surface area contributed by atoms with Gasteiger partial charge in [0, 0.05) is 6.07 Å². The zero-order valence-electron chi connectivity index (χ0n) is 6.97. The van der Waals surface area contributed by atoms with Crippen molar-refractivity contribution in [2.75, 3.05) is 0 Å². The molecular formula is C8H7N3O2. The molecule has 0 aliphatic heterocycles. The van der Waals surface area contributed by atoms with Gasteiger partial charge in [-0.05, 0) is 17.9 Å². The molecule has 0 radical (unpaired) electrons. The van der Waals surface area contributed by atoms with E-state index in [1.165, 1.54) is 4.40 Å². The molecule has 0 amide bonds. The summed E-state index contributed by atoms with van der Waals surface area (Å²) in [6, 6.07) is 5.27. The number of nitro groups is 1. The minimum atomic E-state index is -0.421. The Hall–Kier alpha value is -1.91. The van der Waals surface area contributed by atoms with Crippen molar-refractivity contribution < 1.29 is 4.92 Å². The molecule has 0 saturated carbocycles. The lowest BCUT2D eigenvalue weighted by molar-refractivity contribution is -0.390.